The molecule has 1 aromatic carbocycles. The molecule has 106 valence electrons. The fourth-order valence-corrected chi connectivity index (χ4v) is 3.10. The Labute approximate surface area is 118 Å². The summed E-state index contributed by atoms with van der Waals surface area (Å²) in [6.45, 7) is 12.8. The van der Waals surface area contributed by atoms with Gasteiger partial charge in [0.25, 0.3) is 0 Å². The van der Waals surface area contributed by atoms with Gasteiger partial charge in [-0.15, -0.1) is 0 Å². The van der Waals surface area contributed by atoms with Crippen LogP contribution in [-0.4, -0.2) is 42.5 Å². The Balaban J connectivity index is 2.14. The van der Waals surface area contributed by atoms with Crippen LogP contribution in [0.4, 0.5) is 0 Å². The zero-order valence-electron chi connectivity index (χ0n) is 13.1. The Morgan fingerprint density at radius 1 is 1.11 bits per heavy atom. The van der Waals surface area contributed by atoms with Crippen molar-refractivity contribution in [1.82, 2.24) is 9.80 Å². The molecule has 0 aliphatic carbocycles. The number of benzene rings is 1. The molecule has 0 unspecified atom stereocenters. The van der Waals surface area contributed by atoms with E-state index in [2.05, 4.69) is 68.8 Å². The van der Waals surface area contributed by atoms with Gasteiger partial charge in [0.1, 0.15) is 0 Å². The predicted molar refractivity (Wildman–Crippen MR) is 82.6 cm³/mol. The Bertz CT molecular complexity index is 413. The molecule has 0 bridgehead atoms. The zero-order chi connectivity index (χ0) is 14.0. The van der Waals surface area contributed by atoms with Gasteiger partial charge in [-0.25, -0.2) is 0 Å². The third-order valence-corrected chi connectivity index (χ3v) is 4.44. The quantitative estimate of drug-likeness (QED) is 0.820. The molecule has 2 nitrogen and oxygen atoms in total. The van der Waals surface area contributed by atoms with E-state index in [1.165, 1.54) is 30.8 Å². The minimum absolute atomic E-state index is 0.516. The van der Waals surface area contributed by atoms with Gasteiger partial charge >= 0.3 is 0 Å². The average molecular weight is 260 g/mol. The van der Waals surface area contributed by atoms with Gasteiger partial charge in [0.05, 0.1) is 0 Å². The first-order valence-electron chi connectivity index (χ1n) is 7.53. The van der Waals surface area contributed by atoms with Crippen molar-refractivity contribution in [2.75, 3.05) is 26.7 Å². The Morgan fingerprint density at radius 3 is 2.42 bits per heavy atom. The van der Waals surface area contributed by atoms with Crippen LogP contribution in [0.5, 0.6) is 0 Å². The van der Waals surface area contributed by atoms with E-state index in [1.54, 1.807) is 0 Å². The first-order valence-corrected chi connectivity index (χ1v) is 7.53. The number of likely N-dealkylation sites (N-methyl/N-ethyl adjacent to an activating group) is 1. The van der Waals surface area contributed by atoms with Crippen molar-refractivity contribution in [1.29, 1.82) is 0 Å². The van der Waals surface area contributed by atoms with E-state index in [1.807, 2.05) is 0 Å². The highest BCUT2D eigenvalue weighted by Crippen LogP contribution is 2.27. The number of rotatable bonds is 3. The summed E-state index contributed by atoms with van der Waals surface area (Å²) in [5.74, 6) is 0.608. The summed E-state index contributed by atoms with van der Waals surface area (Å²) in [7, 11) is 2.22. The van der Waals surface area contributed by atoms with Crippen molar-refractivity contribution in [2.24, 2.45) is 0 Å². The van der Waals surface area contributed by atoms with Crippen molar-refractivity contribution in [3.8, 4) is 0 Å². The molecular weight excluding hydrogens is 232 g/mol. The molecule has 0 spiro atoms. The van der Waals surface area contributed by atoms with E-state index in [9.17, 15) is 0 Å². The van der Waals surface area contributed by atoms with Crippen LogP contribution in [-0.2, 0) is 0 Å². The van der Waals surface area contributed by atoms with Gasteiger partial charge in [0.2, 0.25) is 0 Å². The third kappa shape index (κ3) is 3.37. The fraction of sp³-hybridized carbons (Fsp3) is 0.647. The zero-order valence-corrected chi connectivity index (χ0v) is 13.1. The maximum atomic E-state index is 2.64. The van der Waals surface area contributed by atoms with Crippen LogP contribution in [0.15, 0.2) is 24.3 Å². The number of nitrogens with zero attached hydrogens (tertiary/aromatic N) is 2. The van der Waals surface area contributed by atoms with Crippen LogP contribution in [0, 0.1) is 0 Å². The van der Waals surface area contributed by atoms with Gasteiger partial charge in [0, 0.05) is 31.7 Å². The smallest absolute Gasteiger partial charge is 0.0323 e. The van der Waals surface area contributed by atoms with E-state index in [0.717, 1.165) is 0 Å². The first kappa shape index (κ1) is 14.5. The predicted octanol–water partition coefficient (Wildman–Crippen LogP) is 3.51. The van der Waals surface area contributed by atoms with Crippen LogP contribution < -0.4 is 0 Å². The second-order valence-electron chi connectivity index (χ2n) is 6.35. The van der Waals surface area contributed by atoms with E-state index in [0.29, 0.717) is 18.0 Å². The summed E-state index contributed by atoms with van der Waals surface area (Å²) < 4.78 is 0. The van der Waals surface area contributed by atoms with Crippen LogP contribution in [0.1, 0.15) is 50.8 Å². The van der Waals surface area contributed by atoms with E-state index in [-0.39, 0.29) is 0 Å². The number of piperazine rings is 1. The van der Waals surface area contributed by atoms with E-state index in [4.69, 9.17) is 0 Å². The largest absolute Gasteiger partial charge is 0.304 e. The lowest BCUT2D eigenvalue weighted by Gasteiger charge is -2.42. The van der Waals surface area contributed by atoms with Crippen molar-refractivity contribution >= 4 is 0 Å². The molecule has 1 aliphatic rings. The molecule has 19 heavy (non-hydrogen) atoms. The van der Waals surface area contributed by atoms with Gasteiger partial charge < -0.3 is 4.90 Å². The molecule has 1 fully saturated rings. The normalized spacial score (nSPS) is 23.8. The molecule has 1 aliphatic heterocycles. The SMILES string of the molecule is CC(C)c1cccc([C@H](C)N2CCN(C)C[C@H]2C)c1. The molecule has 0 N–H and O–H groups in total. The van der Waals surface area contributed by atoms with Crippen molar-refractivity contribution < 1.29 is 0 Å². The molecule has 1 saturated heterocycles. The van der Waals surface area contributed by atoms with Crippen LogP contribution in [0.3, 0.4) is 0 Å². The summed E-state index contributed by atoms with van der Waals surface area (Å²) in [5.41, 5.74) is 2.91. The lowest BCUT2D eigenvalue weighted by Crippen LogP contribution is -2.51. The highest BCUT2D eigenvalue weighted by Gasteiger charge is 2.26. The molecular formula is C17H28N2. The molecule has 0 saturated carbocycles. The minimum Gasteiger partial charge on any atom is -0.304 e. The van der Waals surface area contributed by atoms with Gasteiger partial charge in [-0.05, 0) is 37.9 Å². The molecule has 1 heterocycles. The monoisotopic (exact) mass is 260 g/mol. The molecule has 2 rings (SSSR count). The van der Waals surface area contributed by atoms with Gasteiger partial charge in [-0.2, -0.15) is 0 Å². The maximum absolute atomic E-state index is 2.64. The molecule has 2 heteroatoms. The molecule has 0 amide bonds. The van der Waals surface area contributed by atoms with Crippen molar-refractivity contribution in [2.45, 2.75) is 45.7 Å². The summed E-state index contributed by atoms with van der Waals surface area (Å²) in [5, 5.41) is 0. The summed E-state index contributed by atoms with van der Waals surface area (Å²) in [6.07, 6.45) is 0. The van der Waals surface area contributed by atoms with Crippen LogP contribution in [0.25, 0.3) is 0 Å². The lowest BCUT2D eigenvalue weighted by atomic mass is 9.96. The highest BCUT2D eigenvalue weighted by molar-refractivity contribution is 5.28. The number of hydrogen-bond acceptors (Lipinski definition) is 2. The fourth-order valence-electron chi connectivity index (χ4n) is 3.10. The van der Waals surface area contributed by atoms with Gasteiger partial charge in [-0.3, -0.25) is 4.90 Å². The third-order valence-electron chi connectivity index (χ3n) is 4.44. The molecule has 2 atom stereocenters. The lowest BCUT2D eigenvalue weighted by molar-refractivity contribution is 0.0673. The first-order chi connectivity index (χ1) is 8.99. The van der Waals surface area contributed by atoms with E-state index >= 15 is 0 Å². The standard InChI is InChI=1S/C17H28N2/c1-13(2)16-7-6-8-17(11-16)15(4)19-10-9-18(5)12-14(19)3/h6-8,11,13-15H,9-10,12H2,1-5H3/t14-,15+/m1/s1. The topological polar surface area (TPSA) is 6.48 Å². The highest BCUT2D eigenvalue weighted by atomic mass is 15.3. The number of hydrogen-bond donors (Lipinski definition) is 0. The minimum atomic E-state index is 0.516. The average Bonchev–Trinajstić information content (AvgIpc) is 2.38. The Hall–Kier alpha value is -0.860. The summed E-state index contributed by atoms with van der Waals surface area (Å²) in [6, 6.07) is 10.3. The molecule has 0 radical (unpaired) electrons. The summed E-state index contributed by atoms with van der Waals surface area (Å²) >= 11 is 0. The van der Waals surface area contributed by atoms with Crippen LogP contribution >= 0.6 is 0 Å². The van der Waals surface area contributed by atoms with E-state index < -0.39 is 0 Å². The molecule has 0 aromatic heterocycles. The second kappa shape index (κ2) is 6.06. The van der Waals surface area contributed by atoms with Gasteiger partial charge in [-0.1, -0.05) is 38.1 Å². The molecule has 1 aromatic rings. The summed E-state index contributed by atoms with van der Waals surface area (Å²) in [4.78, 5) is 5.07. The maximum Gasteiger partial charge on any atom is 0.0323 e. The van der Waals surface area contributed by atoms with Gasteiger partial charge in [0.15, 0.2) is 0 Å². The Morgan fingerprint density at radius 2 is 1.79 bits per heavy atom. The Kier molecular flexibility index (Phi) is 4.64. The van der Waals surface area contributed by atoms with Crippen molar-refractivity contribution in [3.05, 3.63) is 35.4 Å². The van der Waals surface area contributed by atoms with Crippen LogP contribution in [0.2, 0.25) is 0 Å². The van der Waals surface area contributed by atoms with Crippen molar-refractivity contribution in [3.63, 3.8) is 0 Å². The second-order valence-corrected chi connectivity index (χ2v) is 6.35.